The van der Waals surface area contributed by atoms with Gasteiger partial charge in [-0.2, -0.15) is 4.68 Å². The molecule has 0 fully saturated rings. The fraction of sp³-hybridized carbons (Fsp3) is 0.133. The minimum absolute atomic E-state index is 0.251. The third kappa shape index (κ3) is 2.41. The molecule has 0 unspecified atom stereocenters. The monoisotopic (exact) mass is 319 g/mol. The van der Waals surface area contributed by atoms with E-state index in [9.17, 15) is 4.79 Å². The van der Waals surface area contributed by atoms with Crippen LogP contribution in [0.2, 0.25) is 10.0 Å². The van der Waals surface area contributed by atoms with Gasteiger partial charge in [-0.25, -0.2) is 0 Å². The van der Waals surface area contributed by atoms with Crippen molar-refractivity contribution in [3.63, 3.8) is 0 Å². The second-order valence-electron chi connectivity index (χ2n) is 4.86. The van der Waals surface area contributed by atoms with Crippen LogP contribution in [0.5, 0.6) is 0 Å². The smallest absolute Gasteiger partial charge is 0.267 e. The second-order valence-corrected chi connectivity index (χ2v) is 5.67. The lowest BCUT2D eigenvalue weighted by atomic mass is 10.1. The molecule has 3 rings (SSSR count). The van der Waals surface area contributed by atoms with Crippen LogP contribution in [0.4, 0.5) is 0 Å². The lowest BCUT2D eigenvalue weighted by Crippen LogP contribution is -2.14. The van der Waals surface area contributed by atoms with Gasteiger partial charge in [0.1, 0.15) is 5.52 Å². The molecule has 0 bridgehead atoms. The van der Waals surface area contributed by atoms with Crippen molar-refractivity contribution in [1.29, 1.82) is 0 Å². The average molecular weight is 320 g/mol. The van der Waals surface area contributed by atoms with Gasteiger partial charge in [0.05, 0.1) is 15.6 Å². The number of halogens is 2. The fourth-order valence-corrected chi connectivity index (χ4v) is 2.38. The maximum absolute atomic E-state index is 12.6. The zero-order chi connectivity index (χ0) is 15.1. The van der Waals surface area contributed by atoms with Gasteiger partial charge in [0.2, 0.25) is 0 Å². The molecule has 0 amide bonds. The molecule has 0 atom stereocenters. The van der Waals surface area contributed by atoms with Crippen LogP contribution in [0.1, 0.15) is 21.5 Å². The summed E-state index contributed by atoms with van der Waals surface area (Å²) in [6.07, 6.45) is 0. The molecule has 0 radical (unpaired) electrons. The largest absolute Gasteiger partial charge is 0.280 e. The van der Waals surface area contributed by atoms with E-state index >= 15 is 0 Å². The van der Waals surface area contributed by atoms with Crippen molar-refractivity contribution in [1.82, 2.24) is 15.0 Å². The van der Waals surface area contributed by atoms with Gasteiger partial charge in [0.15, 0.2) is 0 Å². The maximum Gasteiger partial charge on any atom is 0.280 e. The number of carbonyl (C=O) groups is 1. The van der Waals surface area contributed by atoms with Crippen molar-refractivity contribution < 1.29 is 4.79 Å². The molecule has 0 saturated heterocycles. The van der Waals surface area contributed by atoms with Crippen LogP contribution in [0.25, 0.3) is 11.0 Å². The molecule has 1 aromatic heterocycles. The topological polar surface area (TPSA) is 47.8 Å². The highest BCUT2D eigenvalue weighted by molar-refractivity contribution is 6.42. The Kier molecular flexibility index (Phi) is 3.43. The van der Waals surface area contributed by atoms with E-state index in [0.29, 0.717) is 26.6 Å². The Balaban J connectivity index is 2.13. The first-order chi connectivity index (χ1) is 9.97. The predicted molar refractivity (Wildman–Crippen MR) is 83.2 cm³/mol. The second kappa shape index (κ2) is 5.13. The molecule has 106 valence electrons. The number of nitrogens with zero attached hydrogens (tertiary/aromatic N) is 3. The zero-order valence-corrected chi connectivity index (χ0v) is 12.9. The van der Waals surface area contributed by atoms with Crippen molar-refractivity contribution in [2.45, 2.75) is 13.8 Å². The summed E-state index contributed by atoms with van der Waals surface area (Å²) in [5.41, 5.74) is 3.79. The number of aromatic nitrogens is 3. The van der Waals surface area contributed by atoms with Crippen LogP contribution in [-0.2, 0) is 0 Å². The Labute approximate surface area is 131 Å². The summed E-state index contributed by atoms with van der Waals surface area (Å²) in [6.45, 7) is 3.96. The van der Waals surface area contributed by atoms with Gasteiger partial charge in [0, 0.05) is 5.56 Å². The Bertz CT molecular complexity index is 871. The van der Waals surface area contributed by atoms with E-state index in [-0.39, 0.29) is 5.91 Å². The highest BCUT2D eigenvalue weighted by Gasteiger charge is 2.16. The number of carbonyl (C=O) groups excluding carboxylic acids is 1. The van der Waals surface area contributed by atoms with E-state index in [1.165, 1.54) is 4.68 Å². The molecule has 0 N–H and O–H groups in total. The normalized spacial score (nSPS) is 11.0. The minimum atomic E-state index is -0.251. The van der Waals surface area contributed by atoms with Gasteiger partial charge in [0.25, 0.3) is 5.91 Å². The number of hydrogen-bond donors (Lipinski definition) is 0. The van der Waals surface area contributed by atoms with Crippen molar-refractivity contribution in [3.05, 3.63) is 57.1 Å². The van der Waals surface area contributed by atoms with Gasteiger partial charge in [-0.3, -0.25) is 4.79 Å². The molecule has 0 saturated carbocycles. The average Bonchev–Trinajstić information content (AvgIpc) is 2.84. The third-order valence-electron chi connectivity index (χ3n) is 3.43. The lowest BCUT2D eigenvalue weighted by molar-refractivity contribution is 0.0948. The van der Waals surface area contributed by atoms with Gasteiger partial charge in [-0.1, -0.05) is 34.5 Å². The van der Waals surface area contributed by atoms with Crippen molar-refractivity contribution in [3.8, 4) is 0 Å². The molecule has 0 aliphatic carbocycles. The highest BCUT2D eigenvalue weighted by atomic mass is 35.5. The summed E-state index contributed by atoms with van der Waals surface area (Å²) in [5, 5.41) is 8.61. The van der Waals surface area contributed by atoms with Crippen molar-refractivity contribution >= 4 is 40.1 Å². The van der Waals surface area contributed by atoms with Gasteiger partial charge < -0.3 is 0 Å². The number of fused-ring (bicyclic) bond motifs is 1. The van der Waals surface area contributed by atoms with Crippen LogP contribution in [0.15, 0.2) is 30.3 Å². The molecule has 0 spiro atoms. The first kappa shape index (κ1) is 14.0. The molecular formula is C15H11Cl2N3O. The summed E-state index contributed by atoms with van der Waals surface area (Å²) in [7, 11) is 0. The van der Waals surface area contributed by atoms with E-state index < -0.39 is 0 Å². The number of hydrogen-bond acceptors (Lipinski definition) is 3. The van der Waals surface area contributed by atoms with Crippen LogP contribution in [-0.4, -0.2) is 20.9 Å². The van der Waals surface area contributed by atoms with Crippen molar-refractivity contribution in [2.75, 3.05) is 0 Å². The van der Waals surface area contributed by atoms with E-state index in [1.54, 1.807) is 18.2 Å². The predicted octanol–water partition coefficient (Wildman–Crippen LogP) is 4.04. The number of rotatable bonds is 1. The zero-order valence-electron chi connectivity index (χ0n) is 11.4. The van der Waals surface area contributed by atoms with Gasteiger partial charge >= 0.3 is 0 Å². The third-order valence-corrected chi connectivity index (χ3v) is 4.16. The van der Waals surface area contributed by atoms with Crippen molar-refractivity contribution in [2.24, 2.45) is 0 Å². The first-order valence-corrected chi connectivity index (χ1v) is 7.05. The van der Waals surface area contributed by atoms with Crippen LogP contribution < -0.4 is 0 Å². The van der Waals surface area contributed by atoms with Crippen LogP contribution >= 0.6 is 23.2 Å². The quantitative estimate of drug-likeness (QED) is 0.680. The summed E-state index contributed by atoms with van der Waals surface area (Å²) in [5.74, 6) is -0.251. The molecule has 6 heteroatoms. The number of aryl methyl sites for hydroxylation is 2. The first-order valence-electron chi connectivity index (χ1n) is 6.30. The Morgan fingerprint density at radius 2 is 1.76 bits per heavy atom. The molecule has 1 heterocycles. The molecule has 0 aliphatic heterocycles. The summed E-state index contributed by atoms with van der Waals surface area (Å²) >= 11 is 11.9. The molecule has 2 aromatic carbocycles. The summed E-state index contributed by atoms with van der Waals surface area (Å²) in [6, 6.07) is 8.71. The Morgan fingerprint density at radius 3 is 2.48 bits per heavy atom. The van der Waals surface area contributed by atoms with E-state index in [0.717, 1.165) is 11.1 Å². The SMILES string of the molecule is Cc1ccc(C(=O)n2nnc3cc(Cl)c(Cl)cc32)cc1C. The standard InChI is InChI=1S/C15H11Cl2N3O/c1-8-3-4-10(5-9(8)2)15(21)20-14-7-12(17)11(16)6-13(14)18-19-20/h3-7H,1-2H3. The highest BCUT2D eigenvalue weighted by Crippen LogP contribution is 2.27. The summed E-state index contributed by atoms with van der Waals surface area (Å²) < 4.78 is 1.24. The molecule has 21 heavy (non-hydrogen) atoms. The number of benzene rings is 2. The Hall–Kier alpha value is -1.91. The van der Waals surface area contributed by atoms with Crippen LogP contribution in [0.3, 0.4) is 0 Å². The van der Waals surface area contributed by atoms with E-state index in [1.807, 2.05) is 26.0 Å². The molecular weight excluding hydrogens is 309 g/mol. The lowest BCUT2D eigenvalue weighted by Gasteiger charge is -2.05. The fourth-order valence-electron chi connectivity index (χ4n) is 2.06. The minimum Gasteiger partial charge on any atom is -0.267 e. The van der Waals surface area contributed by atoms with Gasteiger partial charge in [-0.15, -0.1) is 5.10 Å². The van der Waals surface area contributed by atoms with E-state index in [2.05, 4.69) is 10.3 Å². The molecule has 4 nitrogen and oxygen atoms in total. The maximum atomic E-state index is 12.6. The Morgan fingerprint density at radius 1 is 1.05 bits per heavy atom. The molecule has 3 aromatic rings. The molecule has 0 aliphatic rings. The van der Waals surface area contributed by atoms with E-state index in [4.69, 9.17) is 23.2 Å². The van der Waals surface area contributed by atoms with Crippen LogP contribution in [0, 0.1) is 13.8 Å². The van der Waals surface area contributed by atoms with Gasteiger partial charge in [-0.05, 0) is 49.2 Å². The summed E-state index contributed by atoms with van der Waals surface area (Å²) in [4.78, 5) is 12.6.